The SMILES string of the molecule is CC(C)C[C@H](C)C[C@H](O)CC(C)C. The second-order valence-corrected chi connectivity index (χ2v) is 5.25. The van der Waals surface area contributed by atoms with Gasteiger partial charge in [0.05, 0.1) is 6.10 Å². The molecule has 0 spiro atoms. The van der Waals surface area contributed by atoms with E-state index < -0.39 is 0 Å². The van der Waals surface area contributed by atoms with Gasteiger partial charge in [-0.3, -0.25) is 0 Å². The molecule has 0 saturated heterocycles. The van der Waals surface area contributed by atoms with Crippen LogP contribution in [0.1, 0.15) is 53.9 Å². The molecule has 0 fully saturated rings. The summed E-state index contributed by atoms with van der Waals surface area (Å²) >= 11 is 0. The Labute approximate surface area is 83.5 Å². The monoisotopic (exact) mass is 186 g/mol. The predicted octanol–water partition coefficient (Wildman–Crippen LogP) is 3.47. The first-order valence-electron chi connectivity index (χ1n) is 5.59. The van der Waals surface area contributed by atoms with Crippen molar-refractivity contribution in [2.24, 2.45) is 17.8 Å². The zero-order chi connectivity index (χ0) is 10.4. The minimum atomic E-state index is -0.0891. The van der Waals surface area contributed by atoms with Gasteiger partial charge >= 0.3 is 0 Å². The summed E-state index contributed by atoms with van der Waals surface area (Å²) in [6.07, 6.45) is 3.06. The highest BCUT2D eigenvalue weighted by atomic mass is 16.3. The molecule has 0 unspecified atom stereocenters. The van der Waals surface area contributed by atoms with Crippen LogP contribution >= 0.6 is 0 Å². The predicted molar refractivity (Wildman–Crippen MR) is 58.7 cm³/mol. The van der Waals surface area contributed by atoms with E-state index in [1.54, 1.807) is 0 Å². The van der Waals surface area contributed by atoms with Gasteiger partial charge in [-0.1, -0.05) is 34.6 Å². The van der Waals surface area contributed by atoms with Crippen molar-refractivity contribution in [1.29, 1.82) is 0 Å². The minimum absolute atomic E-state index is 0.0891. The average Bonchev–Trinajstić information content (AvgIpc) is 1.80. The third kappa shape index (κ3) is 8.29. The van der Waals surface area contributed by atoms with Gasteiger partial charge in [0, 0.05) is 0 Å². The molecule has 80 valence electrons. The fourth-order valence-electron chi connectivity index (χ4n) is 2.01. The molecule has 1 N–H and O–H groups in total. The maximum absolute atomic E-state index is 9.70. The molecular weight excluding hydrogens is 160 g/mol. The van der Waals surface area contributed by atoms with Gasteiger partial charge in [0.1, 0.15) is 0 Å². The molecule has 0 rings (SSSR count). The molecule has 1 nitrogen and oxygen atoms in total. The molecule has 0 aliphatic rings. The van der Waals surface area contributed by atoms with Crippen LogP contribution in [0.5, 0.6) is 0 Å². The van der Waals surface area contributed by atoms with E-state index in [0.717, 1.165) is 18.8 Å². The molecule has 0 saturated carbocycles. The summed E-state index contributed by atoms with van der Waals surface area (Å²) in [5, 5.41) is 9.70. The van der Waals surface area contributed by atoms with Crippen molar-refractivity contribution in [3.05, 3.63) is 0 Å². The Kier molecular flexibility index (Phi) is 6.40. The Morgan fingerprint density at radius 1 is 0.769 bits per heavy atom. The summed E-state index contributed by atoms with van der Waals surface area (Å²) < 4.78 is 0. The number of aliphatic hydroxyl groups is 1. The first-order chi connectivity index (χ1) is 5.91. The van der Waals surface area contributed by atoms with Crippen molar-refractivity contribution in [3.8, 4) is 0 Å². The van der Waals surface area contributed by atoms with Crippen LogP contribution in [0.3, 0.4) is 0 Å². The third-order valence-electron chi connectivity index (χ3n) is 2.29. The van der Waals surface area contributed by atoms with Crippen molar-refractivity contribution < 1.29 is 5.11 Å². The van der Waals surface area contributed by atoms with E-state index in [0.29, 0.717) is 11.8 Å². The van der Waals surface area contributed by atoms with Crippen LogP contribution in [0.4, 0.5) is 0 Å². The van der Waals surface area contributed by atoms with Gasteiger partial charge in [0.2, 0.25) is 0 Å². The fourth-order valence-corrected chi connectivity index (χ4v) is 2.01. The highest BCUT2D eigenvalue weighted by Gasteiger charge is 2.12. The fraction of sp³-hybridized carbons (Fsp3) is 1.00. The summed E-state index contributed by atoms with van der Waals surface area (Å²) in [5.41, 5.74) is 0. The molecule has 0 radical (unpaired) electrons. The number of hydrogen-bond acceptors (Lipinski definition) is 1. The van der Waals surface area contributed by atoms with E-state index in [1.165, 1.54) is 6.42 Å². The second-order valence-electron chi connectivity index (χ2n) is 5.25. The van der Waals surface area contributed by atoms with E-state index in [1.807, 2.05) is 0 Å². The molecular formula is C12H26O. The quantitative estimate of drug-likeness (QED) is 0.673. The standard InChI is InChI=1S/C12H26O/c1-9(2)6-11(5)8-12(13)7-10(3)4/h9-13H,6-8H2,1-5H3/t11-,12+/m0/s1. The Balaban J connectivity index is 3.58. The van der Waals surface area contributed by atoms with Gasteiger partial charge in [-0.15, -0.1) is 0 Å². The Hall–Kier alpha value is -0.0400. The van der Waals surface area contributed by atoms with E-state index in [4.69, 9.17) is 0 Å². The molecule has 1 heteroatoms. The topological polar surface area (TPSA) is 20.2 Å². The van der Waals surface area contributed by atoms with E-state index >= 15 is 0 Å². The lowest BCUT2D eigenvalue weighted by atomic mass is 9.91. The molecule has 0 bridgehead atoms. The lowest BCUT2D eigenvalue weighted by Gasteiger charge is -2.19. The first kappa shape index (κ1) is 13.0. The number of aliphatic hydroxyl groups excluding tert-OH is 1. The molecule has 0 aliphatic carbocycles. The number of rotatable bonds is 6. The molecule has 0 aromatic rings. The maximum Gasteiger partial charge on any atom is 0.0545 e. The van der Waals surface area contributed by atoms with E-state index in [-0.39, 0.29) is 6.10 Å². The van der Waals surface area contributed by atoms with Gasteiger partial charge in [-0.25, -0.2) is 0 Å². The Morgan fingerprint density at radius 3 is 1.62 bits per heavy atom. The van der Waals surface area contributed by atoms with Crippen LogP contribution in [0, 0.1) is 17.8 Å². The summed E-state index contributed by atoms with van der Waals surface area (Å²) in [4.78, 5) is 0. The highest BCUT2D eigenvalue weighted by molar-refractivity contribution is 4.64. The van der Waals surface area contributed by atoms with Gasteiger partial charge in [0.15, 0.2) is 0 Å². The van der Waals surface area contributed by atoms with Crippen molar-refractivity contribution in [1.82, 2.24) is 0 Å². The number of hydrogen-bond donors (Lipinski definition) is 1. The molecule has 2 atom stereocenters. The van der Waals surface area contributed by atoms with Crippen LogP contribution < -0.4 is 0 Å². The van der Waals surface area contributed by atoms with Crippen LogP contribution in [0.25, 0.3) is 0 Å². The summed E-state index contributed by atoms with van der Waals surface area (Å²) in [6.45, 7) is 11.0. The Morgan fingerprint density at radius 2 is 1.23 bits per heavy atom. The summed E-state index contributed by atoms with van der Waals surface area (Å²) in [5.74, 6) is 2.02. The molecule has 13 heavy (non-hydrogen) atoms. The summed E-state index contributed by atoms with van der Waals surface area (Å²) in [6, 6.07) is 0. The van der Waals surface area contributed by atoms with Crippen LogP contribution in [0.2, 0.25) is 0 Å². The normalized spacial score (nSPS) is 16.6. The van der Waals surface area contributed by atoms with Gasteiger partial charge in [-0.2, -0.15) is 0 Å². The first-order valence-corrected chi connectivity index (χ1v) is 5.59. The third-order valence-corrected chi connectivity index (χ3v) is 2.29. The highest BCUT2D eigenvalue weighted by Crippen LogP contribution is 2.19. The van der Waals surface area contributed by atoms with E-state index in [2.05, 4.69) is 34.6 Å². The molecule has 0 aliphatic heterocycles. The van der Waals surface area contributed by atoms with Crippen molar-refractivity contribution in [2.45, 2.75) is 60.0 Å². The molecule has 0 heterocycles. The zero-order valence-electron chi connectivity index (χ0n) is 9.88. The van der Waals surface area contributed by atoms with Gasteiger partial charge in [-0.05, 0) is 37.0 Å². The van der Waals surface area contributed by atoms with Crippen LogP contribution in [-0.4, -0.2) is 11.2 Å². The Bertz CT molecular complexity index is 104. The molecule has 0 amide bonds. The van der Waals surface area contributed by atoms with Crippen LogP contribution in [-0.2, 0) is 0 Å². The average molecular weight is 186 g/mol. The van der Waals surface area contributed by atoms with E-state index in [9.17, 15) is 5.11 Å². The lowest BCUT2D eigenvalue weighted by molar-refractivity contribution is 0.118. The van der Waals surface area contributed by atoms with Crippen molar-refractivity contribution in [3.63, 3.8) is 0 Å². The van der Waals surface area contributed by atoms with Gasteiger partial charge < -0.3 is 5.11 Å². The minimum Gasteiger partial charge on any atom is -0.393 e. The smallest absolute Gasteiger partial charge is 0.0545 e. The second kappa shape index (κ2) is 6.42. The van der Waals surface area contributed by atoms with Crippen LogP contribution in [0.15, 0.2) is 0 Å². The zero-order valence-corrected chi connectivity index (χ0v) is 9.88. The molecule has 0 aromatic heterocycles. The largest absolute Gasteiger partial charge is 0.393 e. The summed E-state index contributed by atoms with van der Waals surface area (Å²) in [7, 11) is 0. The van der Waals surface area contributed by atoms with Crippen molar-refractivity contribution >= 4 is 0 Å². The lowest BCUT2D eigenvalue weighted by Crippen LogP contribution is -2.15. The molecule has 0 aromatic carbocycles. The maximum atomic E-state index is 9.70. The van der Waals surface area contributed by atoms with Crippen molar-refractivity contribution in [2.75, 3.05) is 0 Å². The van der Waals surface area contributed by atoms with Gasteiger partial charge in [0.25, 0.3) is 0 Å².